The second-order valence-corrected chi connectivity index (χ2v) is 5.04. The van der Waals surface area contributed by atoms with Crippen molar-refractivity contribution >= 4 is 0 Å². The second kappa shape index (κ2) is 6.54. The van der Waals surface area contributed by atoms with E-state index in [0.29, 0.717) is 23.9 Å². The standard InChI is InChI=1S/C16H21N3O2/c1-10-5-6-12(7-11(10)2)8-13(17)15-16(21-4)19-14(20-3)9-18-15/h5-7,9,13H,8,17H2,1-4H3. The summed E-state index contributed by atoms with van der Waals surface area (Å²) < 4.78 is 10.3. The van der Waals surface area contributed by atoms with Gasteiger partial charge < -0.3 is 15.2 Å². The van der Waals surface area contributed by atoms with Crippen LogP contribution in [0.1, 0.15) is 28.4 Å². The third kappa shape index (κ3) is 3.49. The quantitative estimate of drug-likeness (QED) is 0.914. The molecule has 1 unspecified atom stereocenters. The van der Waals surface area contributed by atoms with Crippen molar-refractivity contribution in [3.8, 4) is 11.8 Å². The Balaban J connectivity index is 2.23. The average molecular weight is 287 g/mol. The van der Waals surface area contributed by atoms with Gasteiger partial charge in [-0.15, -0.1) is 0 Å². The molecule has 0 saturated heterocycles. The lowest BCUT2D eigenvalue weighted by atomic mass is 10.00. The van der Waals surface area contributed by atoms with Crippen LogP contribution in [0.15, 0.2) is 24.4 Å². The summed E-state index contributed by atoms with van der Waals surface area (Å²) in [6, 6.07) is 6.07. The van der Waals surface area contributed by atoms with Gasteiger partial charge in [0.15, 0.2) is 0 Å². The number of aromatic nitrogens is 2. The normalized spacial score (nSPS) is 12.0. The van der Waals surface area contributed by atoms with E-state index in [-0.39, 0.29) is 6.04 Å². The van der Waals surface area contributed by atoms with Crippen molar-refractivity contribution in [3.63, 3.8) is 0 Å². The maximum absolute atomic E-state index is 6.26. The zero-order valence-electron chi connectivity index (χ0n) is 12.9. The number of nitrogens with zero attached hydrogens (tertiary/aromatic N) is 2. The summed E-state index contributed by atoms with van der Waals surface area (Å²) in [5.41, 5.74) is 10.6. The van der Waals surface area contributed by atoms with Crippen molar-refractivity contribution in [1.29, 1.82) is 0 Å². The van der Waals surface area contributed by atoms with E-state index in [4.69, 9.17) is 15.2 Å². The van der Waals surface area contributed by atoms with Gasteiger partial charge in [0.25, 0.3) is 0 Å². The fraction of sp³-hybridized carbons (Fsp3) is 0.375. The molecule has 0 saturated carbocycles. The molecule has 2 aromatic rings. The molecule has 5 heteroatoms. The van der Waals surface area contributed by atoms with Gasteiger partial charge in [-0.2, -0.15) is 4.98 Å². The highest BCUT2D eigenvalue weighted by Gasteiger charge is 2.17. The van der Waals surface area contributed by atoms with Crippen LogP contribution in [0.3, 0.4) is 0 Å². The maximum atomic E-state index is 6.26. The Labute approximate surface area is 125 Å². The van der Waals surface area contributed by atoms with Gasteiger partial charge in [0.2, 0.25) is 11.8 Å². The number of aryl methyl sites for hydroxylation is 2. The number of rotatable bonds is 5. The number of hydrogen-bond donors (Lipinski definition) is 1. The third-order valence-corrected chi connectivity index (χ3v) is 3.53. The van der Waals surface area contributed by atoms with Gasteiger partial charge in [0, 0.05) is 0 Å². The number of hydrogen-bond acceptors (Lipinski definition) is 5. The van der Waals surface area contributed by atoms with E-state index in [1.54, 1.807) is 13.3 Å². The van der Waals surface area contributed by atoms with Gasteiger partial charge in [0.05, 0.1) is 26.5 Å². The molecular formula is C16H21N3O2. The van der Waals surface area contributed by atoms with E-state index in [1.165, 1.54) is 23.8 Å². The Hall–Kier alpha value is -2.14. The first-order valence-corrected chi connectivity index (χ1v) is 6.81. The monoisotopic (exact) mass is 287 g/mol. The summed E-state index contributed by atoms with van der Waals surface area (Å²) in [6.45, 7) is 4.19. The average Bonchev–Trinajstić information content (AvgIpc) is 2.50. The molecule has 0 amide bonds. The molecule has 0 aliphatic heterocycles. The van der Waals surface area contributed by atoms with E-state index in [9.17, 15) is 0 Å². The molecule has 0 bridgehead atoms. The SMILES string of the molecule is COc1cnc(C(N)Cc2ccc(C)c(C)c2)c(OC)n1. The molecule has 5 nitrogen and oxygen atoms in total. The molecule has 1 aromatic heterocycles. The molecule has 0 aliphatic rings. The van der Waals surface area contributed by atoms with Crippen LogP contribution in [0.4, 0.5) is 0 Å². The Morgan fingerprint density at radius 1 is 1.14 bits per heavy atom. The highest BCUT2D eigenvalue weighted by atomic mass is 16.5. The van der Waals surface area contributed by atoms with Crippen LogP contribution >= 0.6 is 0 Å². The Bertz CT molecular complexity index is 629. The zero-order chi connectivity index (χ0) is 15.4. The zero-order valence-corrected chi connectivity index (χ0v) is 12.9. The molecule has 0 aliphatic carbocycles. The smallest absolute Gasteiger partial charge is 0.240 e. The summed E-state index contributed by atoms with van der Waals surface area (Å²) in [5.74, 6) is 0.819. The second-order valence-electron chi connectivity index (χ2n) is 5.04. The molecule has 2 rings (SSSR count). The van der Waals surface area contributed by atoms with E-state index in [0.717, 1.165) is 0 Å². The minimum Gasteiger partial charge on any atom is -0.480 e. The van der Waals surface area contributed by atoms with Crippen molar-refractivity contribution in [1.82, 2.24) is 9.97 Å². The molecule has 21 heavy (non-hydrogen) atoms. The van der Waals surface area contributed by atoms with Crippen LogP contribution in [0.2, 0.25) is 0 Å². The third-order valence-electron chi connectivity index (χ3n) is 3.53. The number of methoxy groups -OCH3 is 2. The Morgan fingerprint density at radius 3 is 2.52 bits per heavy atom. The summed E-state index contributed by atoms with van der Waals surface area (Å²) in [7, 11) is 3.09. The molecule has 0 radical (unpaired) electrons. The van der Waals surface area contributed by atoms with Crippen molar-refractivity contribution in [2.75, 3.05) is 14.2 Å². The summed E-state index contributed by atoms with van der Waals surface area (Å²) >= 11 is 0. The molecule has 112 valence electrons. The predicted octanol–water partition coefficient (Wildman–Crippen LogP) is 2.35. The molecule has 1 aromatic carbocycles. The molecule has 1 heterocycles. The molecule has 2 N–H and O–H groups in total. The maximum Gasteiger partial charge on any atom is 0.240 e. The minimum atomic E-state index is -0.277. The lowest BCUT2D eigenvalue weighted by molar-refractivity contribution is 0.353. The van der Waals surface area contributed by atoms with Gasteiger partial charge in [-0.05, 0) is 37.0 Å². The summed E-state index contributed by atoms with van der Waals surface area (Å²) in [4.78, 5) is 8.54. The summed E-state index contributed by atoms with van der Waals surface area (Å²) in [6.07, 6.45) is 2.23. The topological polar surface area (TPSA) is 70.3 Å². The van der Waals surface area contributed by atoms with Crippen LogP contribution in [-0.2, 0) is 6.42 Å². The lowest BCUT2D eigenvalue weighted by Crippen LogP contribution is -2.17. The Morgan fingerprint density at radius 2 is 1.90 bits per heavy atom. The molecule has 0 spiro atoms. The van der Waals surface area contributed by atoms with E-state index in [2.05, 4.69) is 42.0 Å². The van der Waals surface area contributed by atoms with Crippen LogP contribution in [0, 0.1) is 13.8 Å². The lowest BCUT2D eigenvalue weighted by Gasteiger charge is -2.15. The van der Waals surface area contributed by atoms with E-state index in [1.807, 2.05) is 0 Å². The van der Waals surface area contributed by atoms with Gasteiger partial charge in [-0.3, -0.25) is 0 Å². The van der Waals surface area contributed by atoms with Gasteiger partial charge in [0.1, 0.15) is 5.69 Å². The van der Waals surface area contributed by atoms with E-state index >= 15 is 0 Å². The fourth-order valence-corrected chi connectivity index (χ4v) is 2.15. The van der Waals surface area contributed by atoms with Crippen molar-refractivity contribution < 1.29 is 9.47 Å². The summed E-state index contributed by atoms with van der Waals surface area (Å²) in [5, 5.41) is 0. The van der Waals surface area contributed by atoms with Crippen LogP contribution < -0.4 is 15.2 Å². The first-order chi connectivity index (χ1) is 10.0. The minimum absolute atomic E-state index is 0.277. The molecule has 0 fully saturated rings. The van der Waals surface area contributed by atoms with Crippen molar-refractivity contribution in [2.45, 2.75) is 26.3 Å². The highest BCUT2D eigenvalue weighted by molar-refractivity contribution is 5.32. The largest absolute Gasteiger partial charge is 0.480 e. The first-order valence-electron chi connectivity index (χ1n) is 6.81. The van der Waals surface area contributed by atoms with Gasteiger partial charge in [-0.1, -0.05) is 18.2 Å². The predicted molar refractivity (Wildman–Crippen MR) is 81.7 cm³/mol. The van der Waals surface area contributed by atoms with Gasteiger partial charge >= 0.3 is 0 Å². The number of benzene rings is 1. The van der Waals surface area contributed by atoms with Crippen LogP contribution in [0.25, 0.3) is 0 Å². The number of nitrogens with two attached hydrogens (primary N) is 1. The molecular weight excluding hydrogens is 266 g/mol. The fourth-order valence-electron chi connectivity index (χ4n) is 2.15. The van der Waals surface area contributed by atoms with Crippen LogP contribution in [-0.4, -0.2) is 24.2 Å². The van der Waals surface area contributed by atoms with Crippen molar-refractivity contribution in [2.24, 2.45) is 5.73 Å². The van der Waals surface area contributed by atoms with Crippen LogP contribution in [0.5, 0.6) is 11.8 Å². The highest BCUT2D eigenvalue weighted by Crippen LogP contribution is 2.24. The number of ether oxygens (including phenoxy) is 2. The first kappa shape index (κ1) is 15.3. The van der Waals surface area contributed by atoms with Gasteiger partial charge in [-0.25, -0.2) is 4.98 Å². The Kier molecular flexibility index (Phi) is 4.75. The molecule has 1 atom stereocenters. The van der Waals surface area contributed by atoms with E-state index < -0.39 is 0 Å². The van der Waals surface area contributed by atoms with Crippen molar-refractivity contribution in [3.05, 3.63) is 46.8 Å².